The van der Waals surface area contributed by atoms with Gasteiger partial charge in [0, 0.05) is 12.6 Å². The van der Waals surface area contributed by atoms with Crippen LogP contribution in [0.5, 0.6) is 11.5 Å². The second kappa shape index (κ2) is 5.77. The summed E-state index contributed by atoms with van der Waals surface area (Å²) < 4.78 is 15.8. The minimum atomic E-state index is -0.283. The summed E-state index contributed by atoms with van der Waals surface area (Å²) in [6, 6.07) is 11.0. The average molecular weight is 328 g/mol. The van der Waals surface area contributed by atoms with Gasteiger partial charge in [0.2, 0.25) is 6.79 Å². The predicted molar refractivity (Wildman–Crippen MR) is 83.6 cm³/mol. The number of hydrogen-bond acceptors (Lipinski definition) is 6. The van der Waals surface area contributed by atoms with Gasteiger partial charge >= 0.3 is 0 Å². The van der Waals surface area contributed by atoms with Gasteiger partial charge in [-0.3, -0.25) is 4.79 Å². The van der Waals surface area contributed by atoms with Crippen LogP contribution in [-0.2, 0) is 6.54 Å². The zero-order chi connectivity index (χ0) is 15.6. The fourth-order valence-corrected chi connectivity index (χ4v) is 2.91. The van der Waals surface area contributed by atoms with Crippen molar-refractivity contribution in [3.8, 4) is 22.1 Å². The number of thiophene rings is 1. The van der Waals surface area contributed by atoms with Crippen molar-refractivity contribution in [3.05, 3.63) is 53.0 Å². The second-order valence-corrected chi connectivity index (χ2v) is 5.87. The van der Waals surface area contributed by atoms with E-state index in [9.17, 15) is 4.79 Å². The number of benzene rings is 1. The number of hydrogen-bond donors (Lipinski definition) is 1. The number of nitrogens with zero attached hydrogens (tertiary/aromatic N) is 1. The fourth-order valence-electron chi connectivity index (χ4n) is 2.24. The summed E-state index contributed by atoms with van der Waals surface area (Å²) in [5, 5.41) is 8.57. The van der Waals surface area contributed by atoms with E-state index in [0.29, 0.717) is 18.1 Å². The van der Waals surface area contributed by atoms with E-state index in [4.69, 9.17) is 14.0 Å². The molecule has 0 unspecified atom stereocenters. The molecule has 23 heavy (non-hydrogen) atoms. The number of carbonyl (C=O) groups is 1. The molecule has 3 aromatic rings. The number of amides is 1. The van der Waals surface area contributed by atoms with E-state index in [1.54, 1.807) is 6.07 Å². The molecule has 0 saturated carbocycles. The quantitative estimate of drug-likeness (QED) is 0.797. The molecule has 0 fully saturated rings. The van der Waals surface area contributed by atoms with Gasteiger partial charge in [-0.15, -0.1) is 11.3 Å². The number of rotatable bonds is 4. The molecule has 1 N–H and O–H groups in total. The van der Waals surface area contributed by atoms with E-state index in [2.05, 4.69) is 10.5 Å². The summed E-state index contributed by atoms with van der Waals surface area (Å²) in [7, 11) is 0. The molecule has 6 nitrogen and oxygen atoms in total. The van der Waals surface area contributed by atoms with Gasteiger partial charge in [0.25, 0.3) is 5.91 Å². The molecule has 3 heterocycles. The fraction of sp³-hybridized carbons (Fsp3) is 0.125. The number of fused-ring (bicyclic) bond motifs is 1. The largest absolute Gasteiger partial charge is 0.454 e. The SMILES string of the molecule is O=C(NCc1ccc2c(c1)OCO2)c1cc(-c2cccs2)on1. The van der Waals surface area contributed by atoms with Crippen LogP contribution >= 0.6 is 11.3 Å². The first-order chi connectivity index (χ1) is 11.3. The maximum atomic E-state index is 12.1. The Kier molecular flexibility index (Phi) is 3.47. The maximum absolute atomic E-state index is 12.1. The first-order valence-corrected chi connectivity index (χ1v) is 7.85. The van der Waals surface area contributed by atoms with Crippen LogP contribution in [0.15, 0.2) is 46.3 Å². The minimum absolute atomic E-state index is 0.232. The van der Waals surface area contributed by atoms with Crippen LogP contribution in [0.1, 0.15) is 16.1 Å². The lowest BCUT2D eigenvalue weighted by Gasteiger charge is -2.04. The number of carbonyl (C=O) groups excluding carboxylic acids is 1. The van der Waals surface area contributed by atoms with Crippen LogP contribution < -0.4 is 14.8 Å². The van der Waals surface area contributed by atoms with Crippen molar-refractivity contribution in [2.24, 2.45) is 0 Å². The van der Waals surface area contributed by atoms with Crippen molar-refractivity contribution in [2.75, 3.05) is 6.79 Å². The third-order valence-corrected chi connectivity index (χ3v) is 4.28. The summed E-state index contributed by atoms with van der Waals surface area (Å²) in [5.74, 6) is 1.72. The molecular formula is C16H12N2O4S. The summed E-state index contributed by atoms with van der Waals surface area (Å²) in [5.41, 5.74) is 1.18. The minimum Gasteiger partial charge on any atom is -0.454 e. The molecule has 0 atom stereocenters. The Morgan fingerprint density at radius 3 is 3.00 bits per heavy atom. The van der Waals surface area contributed by atoms with Crippen LogP contribution in [0.3, 0.4) is 0 Å². The average Bonchev–Trinajstić information content (AvgIpc) is 3.32. The van der Waals surface area contributed by atoms with Crippen LogP contribution in [0.2, 0.25) is 0 Å². The summed E-state index contributed by atoms with van der Waals surface area (Å²) in [6.07, 6.45) is 0. The van der Waals surface area contributed by atoms with Crippen LogP contribution in [0, 0.1) is 0 Å². The molecule has 0 aliphatic carbocycles. The van der Waals surface area contributed by atoms with Crippen molar-refractivity contribution >= 4 is 17.2 Å². The molecule has 0 saturated heterocycles. The standard InChI is InChI=1S/C16H12N2O4S/c19-16(11-7-14(22-18-11)15-2-1-5-23-15)17-8-10-3-4-12-13(6-10)21-9-20-12/h1-7H,8-9H2,(H,17,19). The monoisotopic (exact) mass is 328 g/mol. The Morgan fingerprint density at radius 2 is 2.13 bits per heavy atom. The van der Waals surface area contributed by atoms with Gasteiger partial charge in [0.1, 0.15) is 0 Å². The molecular weight excluding hydrogens is 316 g/mol. The zero-order valence-electron chi connectivity index (χ0n) is 11.9. The van der Waals surface area contributed by atoms with Gasteiger partial charge in [-0.05, 0) is 29.1 Å². The molecule has 7 heteroatoms. The Morgan fingerprint density at radius 1 is 1.22 bits per heavy atom. The molecule has 4 rings (SSSR count). The first-order valence-electron chi connectivity index (χ1n) is 6.97. The Balaban J connectivity index is 1.42. The lowest BCUT2D eigenvalue weighted by molar-refractivity contribution is 0.0942. The van der Waals surface area contributed by atoms with Crippen molar-refractivity contribution in [1.82, 2.24) is 10.5 Å². The van der Waals surface area contributed by atoms with Crippen LogP contribution in [-0.4, -0.2) is 17.9 Å². The number of ether oxygens (including phenoxy) is 2. The van der Waals surface area contributed by atoms with Gasteiger partial charge in [-0.2, -0.15) is 0 Å². The lowest BCUT2D eigenvalue weighted by Crippen LogP contribution is -2.22. The van der Waals surface area contributed by atoms with E-state index < -0.39 is 0 Å². The maximum Gasteiger partial charge on any atom is 0.273 e. The highest BCUT2D eigenvalue weighted by Crippen LogP contribution is 2.32. The second-order valence-electron chi connectivity index (χ2n) is 4.92. The molecule has 0 spiro atoms. The topological polar surface area (TPSA) is 73.6 Å². The summed E-state index contributed by atoms with van der Waals surface area (Å²) >= 11 is 1.53. The highest BCUT2D eigenvalue weighted by molar-refractivity contribution is 7.13. The molecule has 0 radical (unpaired) electrons. The normalized spacial score (nSPS) is 12.3. The molecule has 1 aliphatic rings. The van der Waals surface area contributed by atoms with E-state index in [0.717, 1.165) is 16.2 Å². The van der Waals surface area contributed by atoms with Crippen LogP contribution in [0.4, 0.5) is 0 Å². The molecule has 1 aliphatic heterocycles. The molecule has 0 bridgehead atoms. The van der Waals surface area contributed by atoms with E-state index >= 15 is 0 Å². The summed E-state index contributed by atoms with van der Waals surface area (Å²) in [4.78, 5) is 13.1. The van der Waals surface area contributed by atoms with Crippen molar-refractivity contribution in [1.29, 1.82) is 0 Å². The van der Waals surface area contributed by atoms with Crippen molar-refractivity contribution < 1.29 is 18.8 Å². The predicted octanol–water partition coefficient (Wildman–Crippen LogP) is 3.06. The third-order valence-electron chi connectivity index (χ3n) is 3.40. The summed E-state index contributed by atoms with van der Waals surface area (Å²) in [6.45, 7) is 0.603. The highest BCUT2D eigenvalue weighted by Gasteiger charge is 2.16. The van der Waals surface area contributed by atoms with Gasteiger partial charge in [0.15, 0.2) is 23.0 Å². The highest BCUT2D eigenvalue weighted by atomic mass is 32.1. The van der Waals surface area contributed by atoms with Gasteiger partial charge in [-0.25, -0.2) is 0 Å². The molecule has 2 aromatic heterocycles. The van der Waals surface area contributed by atoms with E-state index in [1.807, 2.05) is 35.7 Å². The Labute approximate surface area is 135 Å². The lowest BCUT2D eigenvalue weighted by atomic mass is 10.2. The van der Waals surface area contributed by atoms with E-state index in [1.165, 1.54) is 11.3 Å². The van der Waals surface area contributed by atoms with Crippen molar-refractivity contribution in [3.63, 3.8) is 0 Å². The third kappa shape index (κ3) is 2.78. The smallest absolute Gasteiger partial charge is 0.273 e. The van der Waals surface area contributed by atoms with Gasteiger partial charge < -0.3 is 19.3 Å². The Hall–Kier alpha value is -2.80. The zero-order valence-corrected chi connectivity index (χ0v) is 12.8. The molecule has 1 aromatic carbocycles. The number of nitrogens with one attached hydrogen (secondary N) is 1. The molecule has 1 amide bonds. The molecule has 116 valence electrons. The van der Waals surface area contributed by atoms with Gasteiger partial charge in [-0.1, -0.05) is 17.3 Å². The van der Waals surface area contributed by atoms with Crippen molar-refractivity contribution in [2.45, 2.75) is 6.54 Å². The van der Waals surface area contributed by atoms with Gasteiger partial charge in [0.05, 0.1) is 4.88 Å². The van der Waals surface area contributed by atoms with Crippen LogP contribution in [0.25, 0.3) is 10.6 Å². The van der Waals surface area contributed by atoms with E-state index in [-0.39, 0.29) is 18.4 Å². The number of aromatic nitrogens is 1. The first kappa shape index (κ1) is 13.8. The Bertz CT molecular complexity index is 842.